The maximum Gasteiger partial charge on any atom is 0.264 e. The monoisotopic (exact) mass is 410 g/mol. The van der Waals surface area contributed by atoms with Crippen molar-refractivity contribution < 1.29 is 17.2 Å². The van der Waals surface area contributed by atoms with Crippen LogP contribution in [-0.2, 0) is 16.6 Å². The Labute approximate surface area is 158 Å². The average Bonchev–Trinajstić information content (AvgIpc) is 2.61. The molecule has 0 amide bonds. The Morgan fingerprint density at radius 2 is 1.78 bits per heavy atom. The largest absolute Gasteiger partial charge is 0.309 e. The van der Waals surface area contributed by atoms with Gasteiger partial charge in [0.2, 0.25) is 0 Å². The number of benzene rings is 2. The molecule has 0 aliphatic heterocycles. The molecule has 1 heterocycles. The highest BCUT2D eigenvalue weighted by Crippen LogP contribution is 2.20. The van der Waals surface area contributed by atoms with E-state index >= 15 is 0 Å². The lowest BCUT2D eigenvalue weighted by Crippen LogP contribution is -2.21. The number of halogens is 3. The summed E-state index contributed by atoms with van der Waals surface area (Å²) >= 11 is 6.08. The Balaban J connectivity index is 1.93. The standard InChI is InChI=1S/C18H13ClF2N2O3S/c19-15-4-2-1-3-12(15)10-23-11-14(6-8-18(23)24)22-27(25,26)17-9-13(20)5-7-16(17)21/h1-9,11,22H,10H2. The highest BCUT2D eigenvalue weighted by Gasteiger charge is 2.20. The van der Waals surface area contributed by atoms with Crippen molar-refractivity contribution in [1.29, 1.82) is 0 Å². The molecule has 3 rings (SSSR count). The van der Waals surface area contributed by atoms with Crippen molar-refractivity contribution in [3.8, 4) is 0 Å². The number of hydrogen-bond acceptors (Lipinski definition) is 3. The number of aromatic nitrogens is 1. The highest BCUT2D eigenvalue weighted by molar-refractivity contribution is 7.92. The molecule has 5 nitrogen and oxygen atoms in total. The molecule has 0 saturated carbocycles. The SMILES string of the molecule is O=c1ccc(NS(=O)(=O)c2cc(F)ccc2F)cn1Cc1ccccc1Cl. The summed E-state index contributed by atoms with van der Waals surface area (Å²) in [6.07, 6.45) is 1.26. The van der Waals surface area contributed by atoms with Gasteiger partial charge in [-0.25, -0.2) is 17.2 Å². The van der Waals surface area contributed by atoms with Crippen LogP contribution >= 0.6 is 11.6 Å². The zero-order valence-corrected chi connectivity index (χ0v) is 15.3. The number of rotatable bonds is 5. The Hall–Kier alpha value is -2.71. The second kappa shape index (κ2) is 7.50. The van der Waals surface area contributed by atoms with Crippen LogP contribution in [-0.4, -0.2) is 13.0 Å². The summed E-state index contributed by atoms with van der Waals surface area (Å²) in [7, 11) is -4.38. The molecule has 27 heavy (non-hydrogen) atoms. The van der Waals surface area contributed by atoms with Crippen molar-refractivity contribution in [1.82, 2.24) is 4.57 Å². The molecular formula is C18H13ClF2N2O3S. The van der Waals surface area contributed by atoms with Gasteiger partial charge in [0.25, 0.3) is 15.6 Å². The molecule has 0 bridgehead atoms. The molecule has 3 aromatic rings. The predicted molar refractivity (Wildman–Crippen MR) is 98.4 cm³/mol. The van der Waals surface area contributed by atoms with Gasteiger partial charge in [0.05, 0.1) is 12.2 Å². The van der Waals surface area contributed by atoms with Crippen LogP contribution in [0.5, 0.6) is 0 Å². The first-order valence-corrected chi connectivity index (χ1v) is 9.54. The van der Waals surface area contributed by atoms with Crippen molar-refractivity contribution in [2.75, 3.05) is 4.72 Å². The smallest absolute Gasteiger partial charge is 0.264 e. The molecule has 0 atom stereocenters. The van der Waals surface area contributed by atoms with E-state index in [1.165, 1.54) is 16.8 Å². The van der Waals surface area contributed by atoms with Gasteiger partial charge in [0, 0.05) is 17.3 Å². The van der Waals surface area contributed by atoms with Gasteiger partial charge in [0.15, 0.2) is 0 Å². The normalized spacial score (nSPS) is 11.4. The van der Waals surface area contributed by atoms with Gasteiger partial charge in [-0.05, 0) is 35.9 Å². The molecule has 2 aromatic carbocycles. The number of pyridine rings is 1. The van der Waals surface area contributed by atoms with E-state index in [9.17, 15) is 22.0 Å². The minimum Gasteiger partial charge on any atom is -0.309 e. The molecule has 140 valence electrons. The predicted octanol–water partition coefficient (Wildman–Crippen LogP) is 3.63. The third-order valence-electron chi connectivity index (χ3n) is 3.72. The van der Waals surface area contributed by atoms with Gasteiger partial charge < -0.3 is 4.57 Å². The van der Waals surface area contributed by atoms with Crippen LogP contribution in [0.25, 0.3) is 0 Å². The second-order valence-corrected chi connectivity index (χ2v) is 7.71. The molecular weight excluding hydrogens is 398 g/mol. The topological polar surface area (TPSA) is 68.2 Å². The summed E-state index contributed by atoms with van der Waals surface area (Å²) in [5.74, 6) is -1.98. The summed E-state index contributed by atoms with van der Waals surface area (Å²) < 4.78 is 55.2. The van der Waals surface area contributed by atoms with E-state index in [1.54, 1.807) is 24.3 Å². The van der Waals surface area contributed by atoms with Crippen LogP contribution < -0.4 is 10.3 Å². The molecule has 9 heteroatoms. The lowest BCUT2D eigenvalue weighted by molar-refractivity contribution is 0.555. The van der Waals surface area contributed by atoms with Crippen LogP contribution in [0, 0.1) is 11.6 Å². The average molecular weight is 411 g/mol. The maximum atomic E-state index is 13.8. The van der Waals surface area contributed by atoms with Crippen LogP contribution in [0.4, 0.5) is 14.5 Å². The van der Waals surface area contributed by atoms with Gasteiger partial charge in [-0.15, -0.1) is 0 Å². The van der Waals surface area contributed by atoms with Crippen molar-refractivity contribution >= 4 is 27.3 Å². The molecule has 0 aliphatic rings. The van der Waals surface area contributed by atoms with E-state index < -0.39 is 26.6 Å². The summed E-state index contributed by atoms with van der Waals surface area (Å²) in [6, 6.07) is 11.4. The van der Waals surface area contributed by atoms with Crippen molar-refractivity contribution in [3.05, 3.63) is 93.4 Å². The minimum absolute atomic E-state index is 0.0188. The Morgan fingerprint density at radius 3 is 2.52 bits per heavy atom. The minimum atomic E-state index is -4.38. The fourth-order valence-corrected chi connectivity index (χ4v) is 3.75. The first-order chi connectivity index (χ1) is 12.8. The Kier molecular flexibility index (Phi) is 5.29. The van der Waals surface area contributed by atoms with Crippen LogP contribution in [0.2, 0.25) is 5.02 Å². The number of nitrogens with one attached hydrogen (secondary N) is 1. The second-order valence-electron chi connectivity index (χ2n) is 5.66. The van der Waals surface area contributed by atoms with Gasteiger partial charge in [-0.2, -0.15) is 0 Å². The van der Waals surface area contributed by atoms with Gasteiger partial charge >= 0.3 is 0 Å². The summed E-state index contributed by atoms with van der Waals surface area (Å²) in [5, 5.41) is 0.456. The van der Waals surface area contributed by atoms with Crippen LogP contribution in [0.3, 0.4) is 0 Å². The summed E-state index contributed by atoms with van der Waals surface area (Å²) in [4.78, 5) is 11.2. The third-order valence-corrected chi connectivity index (χ3v) is 5.48. The Bertz CT molecular complexity index is 1160. The van der Waals surface area contributed by atoms with Crippen molar-refractivity contribution in [2.24, 2.45) is 0 Å². The molecule has 1 N–H and O–H groups in total. The van der Waals surface area contributed by atoms with Gasteiger partial charge in [-0.1, -0.05) is 29.8 Å². The first kappa shape index (κ1) is 19.1. The summed E-state index contributed by atoms with van der Waals surface area (Å²) in [5.41, 5.74) is 0.303. The van der Waals surface area contributed by atoms with E-state index in [0.717, 1.165) is 18.2 Å². The molecule has 1 aromatic heterocycles. The van der Waals surface area contributed by atoms with Gasteiger partial charge in [-0.3, -0.25) is 9.52 Å². The molecule has 0 fully saturated rings. The zero-order chi connectivity index (χ0) is 19.6. The number of anilines is 1. The van der Waals surface area contributed by atoms with Gasteiger partial charge in [0.1, 0.15) is 16.5 Å². The molecule has 0 unspecified atom stereocenters. The Morgan fingerprint density at radius 1 is 1.04 bits per heavy atom. The number of hydrogen-bond donors (Lipinski definition) is 1. The lowest BCUT2D eigenvalue weighted by atomic mass is 10.2. The summed E-state index contributed by atoms with van der Waals surface area (Å²) in [6.45, 7) is 0.113. The van der Waals surface area contributed by atoms with Crippen LogP contribution in [0.1, 0.15) is 5.56 Å². The van der Waals surface area contributed by atoms with E-state index in [-0.39, 0.29) is 17.8 Å². The highest BCUT2D eigenvalue weighted by atomic mass is 35.5. The first-order valence-electron chi connectivity index (χ1n) is 7.68. The van der Waals surface area contributed by atoms with E-state index in [0.29, 0.717) is 16.7 Å². The van der Waals surface area contributed by atoms with Crippen molar-refractivity contribution in [2.45, 2.75) is 11.4 Å². The number of sulfonamides is 1. The van der Waals surface area contributed by atoms with E-state index in [4.69, 9.17) is 11.6 Å². The molecule has 0 aliphatic carbocycles. The fourth-order valence-electron chi connectivity index (χ4n) is 2.42. The van der Waals surface area contributed by atoms with Crippen molar-refractivity contribution in [3.63, 3.8) is 0 Å². The molecule has 0 spiro atoms. The number of nitrogens with zero attached hydrogens (tertiary/aromatic N) is 1. The molecule has 0 radical (unpaired) electrons. The van der Waals surface area contributed by atoms with E-state index in [2.05, 4.69) is 4.72 Å². The fraction of sp³-hybridized carbons (Fsp3) is 0.0556. The molecule has 0 saturated heterocycles. The maximum absolute atomic E-state index is 13.8. The third kappa shape index (κ3) is 4.35. The lowest BCUT2D eigenvalue weighted by Gasteiger charge is -2.12. The quantitative estimate of drug-likeness (QED) is 0.698. The van der Waals surface area contributed by atoms with E-state index in [1.807, 2.05) is 0 Å². The zero-order valence-electron chi connectivity index (χ0n) is 13.7. The van der Waals surface area contributed by atoms with Crippen LogP contribution in [0.15, 0.2) is 70.5 Å².